The van der Waals surface area contributed by atoms with Crippen LogP contribution in [-0.4, -0.2) is 16.1 Å². The third-order valence-electron chi connectivity index (χ3n) is 2.41. The van der Waals surface area contributed by atoms with Gasteiger partial charge in [0.25, 0.3) is 0 Å². The molecule has 1 heterocycles. The number of imidazole rings is 1. The minimum absolute atomic E-state index is 0.271. The Kier molecular flexibility index (Phi) is 4.51. The molecule has 0 aliphatic heterocycles. The minimum Gasteiger partial charge on any atom is -0.330 e. The molecule has 0 saturated heterocycles. The first kappa shape index (κ1) is 12.7. The molecule has 0 fully saturated rings. The van der Waals surface area contributed by atoms with Gasteiger partial charge in [0.05, 0.1) is 24.3 Å². The average Bonchev–Trinajstić information content (AvgIpc) is 2.67. The van der Waals surface area contributed by atoms with E-state index in [1.165, 1.54) is 0 Å². The van der Waals surface area contributed by atoms with E-state index in [1.807, 2.05) is 4.57 Å². The molecule has 4 heteroatoms. The van der Waals surface area contributed by atoms with Crippen molar-refractivity contribution in [2.24, 2.45) is 5.92 Å². The van der Waals surface area contributed by atoms with Gasteiger partial charge in [0.1, 0.15) is 6.04 Å². The number of hydrogen-bond donors (Lipinski definition) is 1. The molecule has 0 aliphatic rings. The van der Waals surface area contributed by atoms with Gasteiger partial charge in [-0.25, -0.2) is 4.98 Å². The summed E-state index contributed by atoms with van der Waals surface area (Å²) in [5.41, 5.74) is 0.943. The van der Waals surface area contributed by atoms with Gasteiger partial charge in [-0.3, -0.25) is 5.32 Å². The van der Waals surface area contributed by atoms with Gasteiger partial charge in [-0.15, -0.1) is 0 Å². The highest BCUT2D eigenvalue weighted by Crippen LogP contribution is 2.16. The van der Waals surface area contributed by atoms with Gasteiger partial charge < -0.3 is 4.57 Å². The van der Waals surface area contributed by atoms with Crippen molar-refractivity contribution in [3.05, 3.63) is 18.2 Å². The van der Waals surface area contributed by atoms with Gasteiger partial charge in [0.15, 0.2) is 0 Å². The number of hydrogen-bond acceptors (Lipinski definition) is 3. The van der Waals surface area contributed by atoms with Crippen molar-refractivity contribution in [3.8, 4) is 6.07 Å². The number of aromatic nitrogens is 2. The highest BCUT2D eigenvalue weighted by molar-refractivity contribution is 5.14. The molecule has 0 spiro atoms. The molecule has 88 valence electrons. The summed E-state index contributed by atoms with van der Waals surface area (Å²) in [5.74, 6) is 0.534. The Hall–Kier alpha value is -1.34. The van der Waals surface area contributed by atoms with Crippen molar-refractivity contribution < 1.29 is 0 Å². The second kappa shape index (κ2) is 5.66. The van der Waals surface area contributed by atoms with E-state index in [0.717, 1.165) is 12.2 Å². The molecule has 1 rings (SSSR count). The molecule has 0 saturated carbocycles. The molecule has 16 heavy (non-hydrogen) atoms. The summed E-state index contributed by atoms with van der Waals surface area (Å²) in [4.78, 5) is 4.11. The molecule has 0 aromatic carbocycles. The first-order valence-electron chi connectivity index (χ1n) is 5.71. The van der Waals surface area contributed by atoms with E-state index < -0.39 is 0 Å². The summed E-state index contributed by atoms with van der Waals surface area (Å²) >= 11 is 0. The Morgan fingerprint density at radius 2 is 2.12 bits per heavy atom. The number of nitriles is 1. The zero-order valence-electron chi connectivity index (χ0n) is 10.4. The van der Waals surface area contributed by atoms with Gasteiger partial charge in [0, 0.05) is 6.04 Å². The lowest BCUT2D eigenvalue weighted by Gasteiger charge is -2.17. The van der Waals surface area contributed by atoms with E-state index in [1.54, 1.807) is 12.5 Å². The van der Waals surface area contributed by atoms with Crippen molar-refractivity contribution in [3.63, 3.8) is 0 Å². The van der Waals surface area contributed by atoms with Crippen LogP contribution in [0.1, 0.15) is 45.5 Å². The maximum Gasteiger partial charge on any atom is 0.138 e. The first-order chi connectivity index (χ1) is 7.56. The van der Waals surface area contributed by atoms with E-state index in [2.05, 4.69) is 44.1 Å². The summed E-state index contributed by atoms with van der Waals surface area (Å²) in [7, 11) is 0. The molecule has 0 radical (unpaired) electrons. The molecular weight excluding hydrogens is 200 g/mol. The molecule has 1 aromatic heterocycles. The lowest BCUT2D eigenvalue weighted by atomic mass is 10.1. The first-order valence-corrected chi connectivity index (χ1v) is 5.71. The van der Waals surface area contributed by atoms with Crippen LogP contribution in [0, 0.1) is 17.2 Å². The van der Waals surface area contributed by atoms with E-state index in [0.29, 0.717) is 12.0 Å². The maximum atomic E-state index is 9.16. The highest BCUT2D eigenvalue weighted by atomic mass is 15.1. The summed E-state index contributed by atoms with van der Waals surface area (Å²) in [6.07, 6.45) is 3.54. The van der Waals surface area contributed by atoms with Crippen molar-refractivity contribution in [1.82, 2.24) is 14.9 Å². The van der Waals surface area contributed by atoms with Crippen LogP contribution in [0.5, 0.6) is 0 Å². The van der Waals surface area contributed by atoms with Gasteiger partial charge in [-0.05, 0) is 26.3 Å². The molecular formula is C12H20N4. The zero-order valence-corrected chi connectivity index (χ0v) is 10.4. The van der Waals surface area contributed by atoms with Crippen molar-refractivity contribution in [2.75, 3.05) is 6.54 Å². The fourth-order valence-electron chi connectivity index (χ4n) is 1.54. The monoisotopic (exact) mass is 220 g/mol. The van der Waals surface area contributed by atoms with Crippen molar-refractivity contribution in [1.29, 1.82) is 5.26 Å². The zero-order chi connectivity index (χ0) is 12.1. The highest BCUT2D eigenvalue weighted by Gasteiger charge is 2.16. The smallest absolute Gasteiger partial charge is 0.138 e. The number of rotatable bonds is 5. The van der Waals surface area contributed by atoms with E-state index in [4.69, 9.17) is 5.26 Å². The van der Waals surface area contributed by atoms with Gasteiger partial charge >= 0.3 is 0 Å². The largest absolute Gasteiger partial charge is 0.330 e. The summed E-state index contributed by atoms with van der Waals surface area (Å²) in [6.45, 7) is 9.26. The topological polar surface area (TPSA) is 53.6 Å². The summed E-state index contributed by atoms with van der Waals surface area (Å²) in [5, 5.41) is 12.4. The fraction of sp³-hybridized carbons (Fsp3) is 0.667. The van der Waals surface area contributed by atoms with Crippen LogP contribution in [0.25, 0.3) is 0 Å². The van der Waals surface area contributed by atoms with Crippen LogP contribution >= 0.6 is 0 Å². The van der Waals surface area contributed by atoms with Gasteiger partial charge in [-0.1, -0.05) is 13.8 Å². The third-order valence-corrected chi connectivity index (χ3v) is 2.41. The van der Waals surface area contributed by atoms with Crippen LogP contribution in [0.3, 0.4) is 0 Å². The Bertz CT molecular complexity index is 359. The maximum absolute atomic E-state index is 9.16. The molecule has 4 nitrogen and oxygen atoms in total. The second-order valence-corrected chi connectivity index (χ2v) is 4.68. The Morgan fingerprint density at radius 1 is 1.44 bits per heavy atom. The molecule has 1 unspecified atom stereocenters. The van der Waals surface area contributed by atoms with Crippen LogP contribution in [0.4, 0.5) is 0 Å². The van der Waals surface area contributed by atoms with Crippen LogP contribution in [0.2, 0.25) is 0 Å². The molecule has 0 bridgehead atoms. The van der Waals surface area contributed by atoms with Crippen molar-refractivity contribution >= 4 is 0 Å². The number of nitrogens with one attached hydrogen (secondary N) is 1. The van der Waals surface area contributed by atoms with Crippen LogP contribution in [0.15, 0.2) is 12.5 Å². The van der Waals surface area contributed by atoms with Gasteiger partial charge in [0.2, 0.25) is 0 Å². The van der Waals surface area contributed by atoms with Crippen LogP contribution < -0.4 is 5.32 Å². The van der Waals surface area contributed by atoms with Gasteiger partial charge in [-0.2, -0.15) is 5.26 Å². The Balaban J connectivity index is 2.79. The lowest BCUT2D eigenvalue weighted by Crippen LogP contribution is -2.26. The standard InChI is InChI=1S/C12H20N4/c1-9(2)6-15-11(5-13)12-7-14-8-16(12)10(3)4/h7-11,15H,6H2,1-4H3. The third kappa shape index (κ3) is 3.07. The molecule has 0 aliphatic carbocycles. The molecule has 0 amide bonds. The predicted molar refractivity (Wildman–Crippen MR) is 63.8 cm³/mol. The Labute approximate surface area is 97.3 Å². The predicted octanol–water partition coefficient (Wildman–Crippen LogP) is 2.27. The Morgan fingerprint density at radius 3 is 2.62 bits per heavy atom. The second-order valence-electron chi connectivity index (χ2n) is 4.68. The van der Waals surface area contributed by atoms with Crippen molar-refractivity contribution in [2.45, 2.75) is 39.8 Å². The summed E-state index contributed by atoms with van der Waals surface area (Å²) in [6, 6.07) is 2.34. The minimum atomic E-state index is -0.271. The SMILES string of the molecule is CC(C)CNC(C#N)c1cncn1C(C)C. The van der Waals surface area contributed by atoms with E-state index in [-0.39, 0.29) is 6.04 Å². The van der Waals surface area contributed by atoms with E-state index in [9.17, 15) is 0 Å². The average molecular weight is 220 g/mol. The molecule has 1 N–H and O–H groups in total. The molecule has 1 atom stereocenters. The number of nitrogens with zero attached hydrogens (tertiary/aromatic N) is 3. The summed E-state index contributed by atoms with van der Waals surface area (Å²) < 4.78 is 2.03. The van der Waals surface area contributed by atoms with Crippen LogP contribution in [-0.2, 0) is 0 Å². The fourth-order valence-corrected chi connectivity index (χ4v) is 1.54. The normalized spacial score (nSPS) is 13.1. The quantitative estimate of drug-likeness (QED) is 0.828. The lowest BCUT2D eigenvalue weighted by molar-refractivity contribution is 0.489. The molecule has 1 aromatic rings. The van der Waals surface area contributed by atoms with E-state index >= 15 is 0 Å².